The number of rotatable bonds is 3. The van der Waals surface area contributed by atoms with E-state index >= 15 is 0 Å². The van der Waals surface area contributed by atoms with Gasteiger partial charge >= 0.3 is 5.97 Å². The van der Waals surface area contributed by atoms with Crippen molar-refractivity contribution in [2.24, 2.45) is 0 Å². The highest BCUT2D eigenvalue weighted by Gasteiger charge is 2.20. The number of hydrogen-bond acceptors (Lipinski definition) is 3. The van der Waals surface area contributed by atoms with Crippen LogP contribution in [0.2, 0.25) is 0 Å². The van der Waals surface area contributed by atoms with E-state index in [9.17, 15) is 4.79 Å². The molecule has 1 aliphatic carbocycles. The first-order valence-electron chi connectivity index (χ1n) is 7.83. The van der Waals surface area contributed by atoms with E-state index in [1.54, 1.807) is 0 Å². The molecule has 0 radical (unpaired) electrons. The predicted octanol–water partition coefficient (Wildman–Crippen LogP) is 4.04. The summed E-state index contributed by atoms with van der Waals surface area (Å²) in [6.45, 7) is 6.42. The van der Waals surface area contributed by atoms with Crippen LogP contribution in [0.5, 0.6) is 0 Å². The number of carbonyl (C=O) groups excluding carboxylic acids is 1. The average Bonchev–Trinajstić information content (AvgIpc) is 2.38. The van der Waals surface area contributed by atoms with E-state index in [4.69, 9.17) is 9.72 Å². The predicted molar refractivity (Wildman–Crippen MR) is 80.2 cm³/mol. The zero-order valence-electron chi connectivity index (χ0n) is 12.9. The van der Waals surface area contributed by atoms with Gasteiger partial charge in [-0.25, -0.2) is 4.79 Å². The highest BCUT2D eigenvalue weighted by molar-refractivity contribution is 5.91. The zero-order valence-corrected chi connectivity index (χ0v) is 12.9. The molecule has 1 aromatic heterocycles. The quantitative estimate of drug-likeness (QED) is 0.781. The van der Waals surface area contributed by atoms with E-state index in [0.29, 0.717) is 12.2 Å². The van der Waals surface area contributed by atoms with Gasteiger partial charge in [-0.3, -0.25) is 4.98 Å². The van der Waals surface area contributed by atoms with Crippen LogP contribution >= 0.6 is 0 Å². The van der Waals surface area contributed by atoms with Crippen molar-refractivity contribution < 1.29 is 9.53 Å². The fourth-order valence-corrected chi connectivity index (χ4v) is 2.82. The number of ether oxygens (including phenoxy) is 1. The Hall–Kier alpha value is -1.38. The third-order valence-corrected chi connectivity index (χ3v) is 3.87. The lowest BCUT2D eigenvalue weighted by molar-refractivity contribution is 0.0523. The molecule has 2 rings (SSSR count). The van der Waals surface area contributed by atoms with E-state index in [0.717, 1.165) is 18.5 Å². The minimum Gasteiger partial charge on any atom is -0.462 e. The monoisotopic (exact) mass is 275 g/mol. The fourth-order valence-electron chi connectivity index (χ4n) is 2.82. The molecule has 3 nitrogen and oxygen atoms in total. The second-order valence-corrected chi connectivity index (χ2v) is 5.82. The van der Waals surface area contributed by atoms with Crippen molar-refractivity contribution in [3.8, 4) is 0 Å². The molecule has 110 valence electrons. The van der Waals surface area contributed by atoms with Gasteiger partial charge in [0.1, 0.15) is 0 Å². The molecule has 0 unspecified atom stereocenters. The number of carbonyl (C=O) groups is 1. The summed E-state index contributed by atoms with van der Waals surface area (Å²) in [6, 6.07) is 2.04. The third kappa shape index (κ3) is 3.38. The Bertz CT molecular complexity index is 480. The van der Waals surface area contributed by atoms with Crippen molar-refractivity contribution in [2.75, 3.05) is 6.61 Å². The van der Waals surface area contributed by atoms with Crippen LogP contribution in [0, 0.1) is 0 Å². The minimum absolute atomic E-state index is 0.228. The molecule has 0 aliphatic heterocycles. The number of hydrogen-bond donors (Lipinski definition) is 0. The number of nitrogens with zero attached hydrogens (tertiary/aromatic N) is 1. The van der Waals surface area contributed by atoms with E-state index < -0.39 is 0 Å². The summed E-state index contributed by atoms with van der Waals surface area (Å²) >= 11 is 0. The van der Waals surface area contributed by atoms with Gasteiger partial charge in [0.15, 0.2) is 0 Å². The van der Waals surface area contributed by atoms with Gasteiger partial charge in [0.2, 0.25) is 0 Å². The van der Waals surface area contributed by atoms with Gasteiger partial charge in [-0.2, -0.15) is 0 Å². The molecule has 3 heteroatoms. The topological polar surface area (TPSA) is 39.2 Å². The maximum absolute atomic E-state index is 12.1. The molecule has 1 aromatic rings. The molecule has 1 heterocycles. The van der Waals surface area contributed by atoms with Crippen LogP contribution in [0.4, 0.5) is 0 Å². The van der Waals surface area contributed by atoms with Gasteiger partial charge in [0, 0.05) is 5.69 Å². The molecule has 1 aliphatic rings. The Labute approximate surface area is 121 Å². The lowest BCUT2D eigenvalue weighted by Gasteiger charge is -2.18. The van der Waals surface area contributed by atoms with Crippen molar-refractivity contribution in [1.29, 1.82) is 0 Å². The van der Waals surface area contributed by atoms with Crippen molar-refractivity contribution in [2.45, 2.75) is 65.2 Å². The van der Waals surface area contributed by atoms with Gasteiger partial charge in [-0.1, -0.05) is 26.7 Å². The van der Waals surface area contributed by atoms with Crippen LogP contribution in [-0.2, 0) is 17.6 Å². The summed E-state index contributed by atoms with van der Waals surface area (Å²) in [4.78, 5) is 17.0. The smallest absolute Gasteiger partial charge is 0.339 e. The molecular formula is C17H25NO2. The lowest BCUT2D eigenvalue weighted by Crippen LogP contribution is -2.15. The molecule has 0 amide bonds. The van der Waals surface area contributed by atoms with Crippen LogP contribution in [0.25, 0.3) is 0 Å². The van der Waals surface area contributed by atoms with Crippen LogP contribution < -0.4 is 0 Å². The van der Waals surface area contributed by atoms with E-state index in [1.807, 2.05) is 13.0 Å². The van der Waals surface area contributed by atoms with Crippen molar-refractivity contribution in [3.63, 3.8) is 0 Å². The molecule has 0 aromatic carbocycles. The molecule has 0 atom stereocenters. The summed E-state index contributed by atoms with van der Waals surface area (Å²) in [7, 11) is 0. The SMILES string of the molecule is CCOC(=O)c1cc2c(nc1C(C)C)CCCCCC2. The number of aryl methyl sites for hydroxylation is 2. The van der Waals surface area contributed by atoms with Crippen LogP contribution in [0.3, 0.4) is 0 Å². The Kier molecular flexibility index (Phi) is 5.16. The minimum atomic E-state index is -0.228. The zero-order chi connectivity index (χ0) is 14.5. The molecule has 20 heavy (non-hydrogen) atoms. The summed E-state index contributed by atoms with van der Waals surface area (Å²) in [5.41, 5.74) is 4.00. The van der Waals surface area contributed by atoms with Crippen LogP contribution in [0.15, 0.2) is 6.07 Å². The van der Waals surface area contributed by atoms with Gasteiger partial charge in [0.25, 0.3) is 0 Å². The van der Waals surface area contributed by atoms with Gasteiger partial charge < -0.3 is 4.74 Å². The summed E-state index contributed by atoms with van der Waals surface area (Å²) in [5.74, 6) is 0.0127. The first kappa shape index (κ1) is 15.0. The third-order valence-electron chi connectivity index (χ3n) is 3.87. The number of aromatic nitrogens is 1. The second-order valence-electron chi connectivity index (χ2n) is 5.82. The lowest BCUT2D eigenvalue weighted by atomic mass is 9.93. The summed E-state index contributed by atoms with van der Waals surface area (Å²) in [5, 5.41) is 0. The van der Waals surface area contributed by atoms with Crippen LogP contribution in [-0.4, -0.2) is 17.6 Å². The molecule has 0 saturated heterocycles. The maximum Gasteiger partial charge on any atom is 0.339 e. The highest BCUT2D eigenvalue weighted by atomic mass is 16.5. The highest BCUT2D eigenvalue weighted by Crippen LogP contribution is 2.25. The first-order valence-corrected chi connectivity index (χ1v) is 7.83. The normalized spacial score (nSPS) is 15.4. The molecule has 0 fully saturated rings. The second kappa shape index (κ2) is 6.87. The Balaban J connectivity index is 2.43. The molecular weight excluding hydrogens is 250 g/mol. The Morgan fingerprint density at radius 2 is 1.95 bits per heavy atom. The average molecular weight is 275 g/mol. The van der Waals surface area contributed by atoms with E-state index in [1.165, 1.54) is 36.9 Å². The maximum atomic E-state index is 12.1. The van der Waals surface area contributed by atoms with E-state index in [-0.39, 0.29) is 11.9 Å². The van der Waals surface area contributed by atoms with Crippen LogP contribution in [0.1, 0.15) is 79.7 Å². The van der Waals surface area contributed by atoms with Crippen molar-refractivity contribution in [1.82, 2.24) is 4.98 Å². The van der Waals surface area contributed by atoms with Crippen molar-refractivity contribution in [3.05, 3.63) is 28.6 Å². The summed E-state index contributed by atoms with van der Waals surface area (Å²) in [6.07, 6.45) is 7.04. The number of fused-ring (bicyclic) bond motifs is 1. The first-order chi connectivity index (χ1) is 9.63. The molecule has 0 spiro atoms. The van der Waals surface area contributed by atoms with E-state index in [2.05, 4.69) is 13.8 Å². The standard InChI is InChI=1S/C17H25NO2/c1-4-20-17(19)14-11-13-9-7-5-6-8-10-15(13)18-16(14)12(2)3/h11-12H,4-10H2,1-3H3. The van der Waals surface area contributed by atoms with Gasteiger partial charge in [-0.05, 0) is 50.2 Å². The molecule has 0 saturated carbocycles. The fraction of sp³-hybridized carbons (Fsp3) is 0.647. The number of pyridine rings is 1. The Morgan fingerprint density at radius 3 is 2.60 bits per heavy atom. The molecule has 0 bridgehead atoms. The Morgan fingerprint density at radius 1 is 1.25 bits per heavy atom. The number of esters is 1. The molecule has 0 N–H and O–H groups in total. The summed E-state index contributed by atoms with van der Waals surface area (Å²) < 4.78 is 5.19. The van der Waals surface area contributed by atoms with Gasteiger partial charge in [-0.15, -0.1) is 0 Å². The van der Waals surface area contributed by atoms with Crippen molar-refractivity contribution >= 4 is 5.97 Å². The van der Waals surface area contributed by atoms with Gasteiger partial charge in [0.05, 0.1) is 17.9 Å². The largest absolute Gasteiger partial charge is 0.462 e.